The van der Waals surface area contributed by atoms with Gasteiger partial charge in [0, 0.05) is 0 Å². The molecule has 2 unspecified atom stereocenters. The highest BCUT2D eigenvalue weighted by Crippen LogP contribution is 2.37. The van der Waals surface area contributed by atoms with Gasteiger partial charge in [0.05, 0.1) is 6.07 Å². The summed E-state index contributed by atoms with van der Waals surface area (Å²) in [4.78, 5) is 2.33. The van der Waals surface area contributed by atoms with Crippen LogP contribution in [0.3, 0.4) is 0 Å². The lowest BCUT2D eigenvalue weighted by Gasteiger charge is -2.31. The predicted molar refractivity (Wildman–Crippen MR) is 71.8 cm³/mol. The van der Waals surface area contributed by atoms with Crippen LogP contribution in [0.2, 0.25) is 0 Å². The first-order valence-electron chi connectivity index (χ1n) is 7.03. The van der Waals surface area contributed by atoms with E-state index >= 15 is 0 Å². The van der Waals surface area contributed by atoms with Gasteiger partial charge in [0.2, 0.25) is 0 Å². The van der Waals surface area contributed by atoms with E-state index in [0.717, 1.165) is 38.9 Å². The molecule has 17 heavy (non-hydrogen) atoms. The van der Waals surface area contributed by atoms with Crippen molar-refractivity contribution in [1.29, 1.82) is 5.26 Å². The van der Waals surface area contributed by atoms with E-state index in [1.165, 1.54) is 12.8 Å². The van der Waals surface area contributed by atoms with E-state index in [0.29, 0.717) is 5.92 Å². The topological polar surface area (TPSA) is 39.1 Å². The van der Waals surface area contributed by atoms with E-state index in [4.69, 9.17) is 0 Å². The molecule has 1 fully saturated rings. The van der Waals surface area contributed by atoms with Crippen molar-refractivity contribution in [2.45, 2.75) is 51.5 Å². The molecule has 1 saturated carbocycles. The average molecular weight is 237 g/mol. The summed E-state index contributed by atoms with van der Waals surface area (Å²) >= 11 is 0. The zero-order chi connectivity index (χ0) is 12.7. The fourth-order valence-corrected chi connectivity index (χ4v) is 2.77. The Balaban J connectivity index is 2.53. The van der Waals surface area contributed by atoms with Crippen molar-refractivity contribution in [1.82, 2.24) is 10.2 Å². The summed E-state index contributed by atoms with van der Waals surface area (Å²) in [5.41, 5.74) is -0.232. The Morgan fingerprint density at radius 2 is 2.24 bits per heavy atom. The molecular formula is C14H27N3. The number of rotatable bonds is 7. The first-order chi connectivity index (χ1) is 8.18. The summed E-state index contributed by atoms with van der Waals surface area (Å²) in [5, 5.41) is 13.0. The van der Waals surface area contributed by atoms with Crippen LogP contribution in [0.15, 0.2) is 0 Å². The number of nitrogens with zero attached hydrogens (tertiary/aromatic N) is 2. The standard InChI is InChI=1S/C14H27N3/c1-4-10-16-14(12-15)9-6-7-13(14)8-11-17(3)5-2/h13,16H,4-11H2,1-3H3. The van der Waals surface area contributed by atoms with Gasteiger partial charge >= 0.3 is 0 Å². The maximum atomic E-state index is 9.51. The zero-order valence-corrected chi connectivity index (χ0v) is 11.6. The van der Waals surface area contributed by atoms with Gasteiger partial charge in [-0.1, -0.05) is 20.3 Å². The largest absolute Gasteiger partial charge is 0.307 e. The van der Waals surface area contributed by atoms with Crippen molar-refractivity contribution in [2.24, 2.45) is 5.92 Å². The van der Waals surface area contributed by atoms with Crippen LogP contribution in [0.4, 0.5) is 0 Å². The minimum Gasteiger partial charge on any atom is -0.307 e. The van der Waals surface area contributed by atoms with Crippen LogP contribution in [0, 0.1) is 17.2 Å². The summed E-state index contributed by atoms with van der Waals surface area (Å²) in [6, 6.07) is 2.57. The highest BCUT2D eigenvalue weighted by molar-refractivity contribution is 5.14. The molecule has 0 bridgehead atoms. The van der Waals surface area contributed by atoms with Gasteiger partial charge in [0.25, 0.3) is 0 Å². The van der Waals surface area contributed by atoms with Gasteiger partial charge in [-0.25, -0.2) is 0 Å². The van der Waals surface area contributed by atoms with Crippen LogP contribution >= 0.6 is 0 Å². The van der Waals surface area contributed by atoms with Crippen molar-refractivity contribution in [3.63, 3.8) is 0 Å². The van der Waals surface area contributed by atoms with E-state index in [2.05, 4.69) is 37.2 Å². The summed E-state index contributed by atoms with van der Waals surface area (Å²) in [6.07, 6.45) is 5.69. The molecule has 0 aromatic rings. The second-order valence-electron chi connectivity index (χ2n) is 5.28. The Bertz CT molecular complexity index is 259. The summed E-state index contributed by atoms with van der Waals surface area (Å²) in [5.74, 6) is 0.535. The smallest absolute Gasteiger partial charge is 0.109 e. The Morgan fingerprint density at radius 1 is 1.47 bits per heavy atom. The molecule has 1 aliphatic carbocycles. The quantitative estimate of drug-likeness (QED) is 0.739. The third kappa shape index (κ3) is 3.69. The Kier molecular flexibility index (Phi) is 5.94. The Morgan fingerprint density at radius 3 is 2.82 bits per heavy atom. The van der Waals surface area contributed by atoms with Crippen LogP contribution in [0.1, 0.15) is 46.0 Å². The van der Waals surface area contributed by atoms with Gasteiger partial charge in [0.1, 0.15) is 5.54 Å². The van der Waals surface area contributed by atoms with Crippen LogP contribution < -0.4 is 5.32 Å². The van der Waals surface area contributed by atoms with Crippen molar-refractivity contribution < 1.29 is 0 Å². The minimum absolute atomic E-state index is 0.232. The summed E-state index contributed by atoms with van der Waals surface area (Å²) < 4.78 is 0. The van der Waals surface area contributed by atoms with Gasteiger partial charge < -0.3 is 4.90 Å². The minimum atomic E-state index is -0.232. The molecule has 0 aromatic carbocycles. The molecule has 0 radical (unpaired) electrons. The fourth-order valence-electron chi connectivity index (χ4n) is 2.77. The lowest BCUT2D eigenvalue weighted by atomic mass is 9.85. The first-order valence-corrected chi connectivity index (χ1v) is 7.03. The van der Waals surface area contributed by atoms with Gasteiger partial charge in [-0.2, -0.15) is 5.26 Å². The predicted octanol–water partition coefficient (Wildman–Crippen LogP) is 2.39. The van der Waals surface area contributed by atoms with E-state index in [9.17, 15) is 5.26 Å². The van der Waals surface area contributed by atoms with E-state index in [1.807, 2.05) is 0 Å². The molecule has 1 aliphatic rings. The summed E-state index contributed by atoms with van der Waals surface area (Å²) in [6.45, 7) is 7.51. The second kappa shape index (κ2) is 6.98. The Hall–Kier alpha value is -0.590. The molecule has 98 valence electrons. The molecule has 0 aromatic heterocycles. The lowest BCUT2D eigenvalue weighted by Crippen LogP contribution is -2.48. The fraction of sp³-hybridized carbons (Fsp3) is 0.929. The maximum Gasteiger partial charge on any atom is 0.109 e. The van der Waals surface area contributed by atoms with Crippen molar-refractivity contribution in [3.8, 4) is 6.07 Å². The molecule has 0 spiro atoms. The molecule has 0 saturated heterocycles. The van der Waals surface area contributed by atoms with Crippen LogP contribution in [-0.4, -0.2) is 37.1 Å². The van der Waals surface area contributed by atoms with E-state index in [-0.39, 0.29) is 5.54 Å². The number of nitriles is 1. The van der Waals surface area contributed by atoms with E-state index in [1.54, 1.807) is 0 Å². The van der Waals surface area contributed by atoms with Crippen molar-refractivity contribution >= 4 is 0 Å². The Labute approximate surface area is 106 Å². The van der Waals surface area contributed by atoms with Crippen LogP contribution in [0.25, 0.3) is 0 Å². The average Bonchev–Trinajstić information content (AvgIpc) is 2.77. The first kappa shape index (κ1) is 14.5. The third-order valence-electron chi connectivity index (χ3n) is 4.11. The molecule has 1 rings (SSSR count). The van der Waals surface area contributed by atoms with Crippen LogP contribution in [-0.2, 0) is 0 Å². The van der Waals surface area contributed by atoms with Gasteiger partial charge in [0.15, 0.2) is 0 Å². The number of nitrogens with one attached hydrogen (secondary N) is 1. The molecule has 1 N–H and O–H groups in total. The number of hydrogen-bond acceptors (Lipinski definition) is 3. The zero-order valence-electron chi connectivity index (χ0n) is 11.6. The summed E-state index contributed by atoms with van der Waals surface area (Å²) in [7, 11) is 2.16. The molecule has 3 heteroatoms. The molecule has 0 aliphatic heterocycles. The SMILES string of the molecule is CCCNC1(C#N)CCCC1CCN(C)CC. The van der Waals surface area contributed by atoms with Crippen molar-refractivity contribution in [3.05, 3.63) is 0 Å². The van der Waals surface area contributed by atoms with Crippen molar-refractivity contribution in [2.75, 3.05) is 26.7 Å². The van der Waals surface area contributed by atoms with Crippen LogP contribution in [0.5, 0.6) is 0 Å². The normalized spacial score (nSPS) is 28.5. The second-order valence-corrected chi connectivity index (χ2v) is 5.28. The van der Waals surface area contributed by atoms with Gasteiger partial charge in [-0.05, 0) is 58.3 Å². The third-order valence-corrected chi connectivity index (χ3v) is 4.11. The molecular weight excluding hydrogens is 210 g/mol. The molecule has 3 nitrogen and oxygen atoms in total. The molecule has 0 heterocycles. The lowest BCUT2D eigenvalue weighted by molar-refractivity contribution is 0.255. The monoisotopic (exact) mass is 237 g/mol. The van der Waals surface area contributed by atoms with Gasteiger partial charge in [-0.3, -0.25) is 5.32 Å². The number of hydrogen-bond donors (Lipinski definition) is 1. The van der Waals surface area contributed by atoms with Gasteiger partial charge in [-0.15, -0.1) is 0 Å². The molecule has 2 atom stereocenters. The molecule has 0 amide bonds. The highest BCUT2D eigenvalue weighted by Gasteiger charge is 2.42. The highest BCUT2D eigenvalue weighted by atomic mass is 15.1. The van der Waals surface area contributed by atoms with E-state index < -0.39 is 0 Å². The maximum absolute atomic E-state index is 9.51.